The van der Waals surface area contributed by atoms with Gasteiger partial charge in [0.15, 0.2) is 0 Å². The van der Waals surface area contributed by atoms with E-state index in [1.165, 1.54) is 16.7 Å². The average molecular weight is 337 g/mol. The number of nitrogens with one attached hydrogen (secondary N) is 2. The number of likely N-dealkylation sites (N-methyl/N-ethyl adjacent to an activating group) is 1. The summed E-state index contributed by atoms with van der Waals surface area (Å²) in [4.78, 5) is 36.2. The van der Waals surface area contributed by atoms with Crippen LogP contribution >= 0.6 is 11.8 Å². The van der Waals surface area contributed by atoms with Crippen LogP contribution in [0.15, 0.2) is 18.2 Å². The number of aryl methyl sites for hydroxylation is 2. The maximum absolute atomic E-state index is 11.9. The normalized spacial score (nSPS) is 10.1. The Balaban J connectivity index is 2.28. The van der Waals surface area contributed by atoms with Crippen LogP contribution in [0.5, 0.6) is 0 Å². The first-order valence-corrected chi connectivity index (χ1v) is 8.36. The van der Waals surface area contributed by atoms with Gasteiger partial charge in [0.1, 0.15) is 0 Å². The second kappa shape index (κ2) is 9.19. The lowest BCUT2D eigenvalue weighted by Crippen LogP contribution is -2.37. The van der Waals surface area contributed by atoms with Crippen molar-refractivity contribution < 1.29 is 14.4 Å². The molecule has 1 rings (SSSR count). The minimum Gasteiger partial charge on any atom is -0.347 e. The molecule has 0 aromatic heterocycles. The molecular weight excluding hydrogens is 314 g/mol. The van der Waals surface area contributed by atoms with Crippen LogP contribution in [0.2, 0.25) is 0 Å². The maximum Gasteiger partial charge on any atom is 0.241 e. The Morgan fingerprint density at radius 3 is 2.35 bits per heavy atom. The lowest BCUT2D eigenvalue weighted by molar-refractivity contribution is -0.130. The summed E-state index contributed by atoms with van der Waals surface area (Å²) in [5.74, 6) is -0.261. The molecule has 0 unspecified atom stereocenters. The molecule has 0 fully saturated rings. The molecular formula is C16H23N3O3S. The molecule has 23 heavy (non-hydrogen) atoms. The van der Waals surface area contributed by atoms with Gasteiger partial charge in [-0.2, -0.15) is 0 Å². The molecule has 2 N–H and O–H groups in total. The third-order valence-electron chi connectivity index (χ3n) is 3.06. The van der Waals surface area contributed by atoms with E-state index in [4.69, 9.17) is 0 Å². The summed E-state index contributed by atoms with van der Waals surface area (Å²) in [7, 11) is 3.25. The van der Waals surface area contributed by atoms with E-state index in [0.717, 1.165) is 16.8 Å². The molecule has 0 radical (unpaired) electrons. The molecule has 0 aliphatic carbocycles. The summed E-state index contributed by atoms with van der Waals surface area (Å²) < 4.78 is 0. The van der Waals surface area contributed by atoms with Gasteiger partial charge >= 0.3 is 0 Å². The molecule has 126 valence electrons. The van der Waals surface area contributed by atoms with Gasteiger partial charge in [0.2, 0.25) is 17.7 Å². The molecule has 6 nitrogen and oxygen atoms in total. The predicted molar refractivity (Wildman–Crippen MR) is 93.6 cm³/mol. The summed E-state index contributed by atoms with van der Waals surface area (Å²) in [6, 6.07) is 5.80. The molecule has 1 aromatic carbocycles. The highest BCUT2D eigenvalue weighted by molar-refractivity contribution is 8.00. The van der Waals surface area contributed by atoms with E-state index in [2.05, 4.69) is 10.6 Å². The molecule has 0 saturated heterocycles. The smallest absolute Gasteiger partial charge is 0.241 e. The Morgan fingerprint density at radius 1 is 1.09 bits per heavy atom. The molecule has 0 heterocycles. The van der Waals surface area contributed by atoms with Gasteiger partial charge in [0.05, 0.1) is 18.1 Å². The highest BCUT2D eigenvalue weighted by atomic mass is 32.2. The van der Waals surface area contributed by atoms with Crippen LogP contribution in [-0.2, 0) is 14.4 Å². The summed E-state index contributed by atoms with van der Waals surface area (Å²) in [6.45, 7) is 3.90. The fourth-order valence-corrected chi connectivity index (χ4v) is 2.41. The fourth-order valence-electron chi connectivity index (χ4n) is 1.76. The first kappa shape index (κ1) is 19.0. The minimum atomic E-state index is -0.260. The van der Waals surface area contributed by atoms with Crippen molar-refractivity contribution >= 4 is 35.2 Å². The third-order valence-corrected chi connectivity index (χ3v) is 3.99. The monoisotopic (exact) mass is 337 g/mol. The van der Waals surface area contributed by atoms with Crippen LogP contribution in [0.3, 0.4) is 0 Å². The van der Waals surface area contributed by atoms with Crippen LogP contribution in [0.1, 0.15) is 11.1 Å². The van der Waals surface area contributed by atoms with Crippen molar-refractivity contribution in [3.8, 4) is 0 Å². The quantitative estimate of drug-likeness (QED) is 0.783. The first-order chi connectivity index (χ1) is 10.8. The van der Waals surface area contributed by atoms with Crippen molar-refractivity contribution in [2.45, 2.75) is 13.8 Å². The predicted octanol–water partition coefficient (Wildman–Crippen LogP) is 1.18. The van der Waals surface area contributed by atoms with Crippen molar-refractivity contribution in [3.05, 3.63) is 29.3 Å². The molecule has 0 aliphatic heterocycles. The van der Waals surface area contributed by atoms with E-state index in [1.54, 1.807) is 14.1 Å². The van der Waals surface area contributed by atoms with Crippen molar-refractivity contribution in [1.82, 2.24) is 10.2 Å². The number of carbonyl (C=O) groups is 3. The summed E-state index contributed by atoms with van der Waals surface area (Å²) in [5, 5.41) is 5.34. The van der Waals surface area contributed by atoms with Gasteiger partial charge in [0.25, 0.3) is 0 Å². The SMILES string of the molecule is Cc1ccc(NC(=O)CSCC(=O)NCC(=O)N(C)C)c(C)c1. The van der Waals surface area contributed by atoms with Gasteiger partial charge < -0.3 is 15.5 Å². The molecule has 0 atom stereocenters. The lowest BCUT2D eigenvalue weighted by Gasteiger charge is -2.11. The van der Waals surface area contributed by atoms with Gasteiger partial charge in [0, 0.05) is 19.8 Å². The molecule has 0 spiro atoms. The van der Waals surface area contributed by atoms with Crippen LogP contribution in [-0.4, -0.2) is 54.8 Å². The Kier molecular flexibility index (Phi) is 7.61. The number of benzene rings is 1. The molecule has 1 aromatic rings. The molecule has 0 saturated carbocycles. The van der Waals surface area contributed by atoms with E-state index >= 15 is 0 Å². The van der Waals surface area contributed by atoms with Gasteiger partial charge in [-0.1, -0.05) is 17.7 Å². The number of rotatable bonds is 7. The maximum atomic E-state index is 11.9. The van der Waals surface area contributed by atoms with Gasteiger partial charge in [-0.05, 0) is 25.5 Å². The van der Waals surface area contributed by atoms with E-state index in [1.807, 2.05) is 32.0 Å². The third kappa shape index (κ3) is 7.19. The summed E-state index contributed by atoms with van der Waals surface area (Å²) in [6.07, 6.45) is 0. The molecule has 3 amide bonds. The second-order valence-corrected chi connectivity index (χ2v) is 6.41. The minimum absolute atomic E-state index is 0.0266. The molecule has 7 heteroatoms. The summed E-state index contributed by atoms with van der Waals surface area (Å²) in [5.41, 5.74) is 2.92. The van der Waals surface area contributed by atoms with Crippen LogP contribution in [0, 0.1) is 13.8 Å². The number of nitrogens with zero attached hydrogens (tertiary/aromatic N) is 1. The topological polar surface area (TPSA) is 78.5 Å². The van der Waals surface area contributed by atoms with Crippen LogP contribution in [0.4, 0.5) is 5.69 Å². The van der Waals surface area contributed by atoms with E-state index < -0.39 is 0 Å². The highest BCUT2D eigenvalue weighted by Crippen LogP contribution is 2.16. The van der Waals surface area contributed by atoms with Crippen molar-refractivity contribution in [3.63, 3.8) is 0 Å². The second-order valence-electron chi connectivity index (χ2n) is 5.42. The van der Waals surface area contributed by atoms with Crippen LogP contribution < -0.4 is 10.6 Å². The Labute approximate surface area is 141 Å². The first-order valence-electron chi connectivity index (χ1n) is 7.21. The zero-order valence-corrected chi connectivity index (χ0v) is 14.8. The van der Waals surface area contributed by atoms with Crippen molar-refractivity contribution in [2.75, 3.05) is 37.5 Å². The Bertz CT molecular complexity index is 588. The standard InChI is InChI=1S/C16H23N3O3S/c1-11-5-6-13(12(2)7-11)18-15(21)10-23-9-14(20)17-8-16(22)19(3)4/h5-7H,8-10H2,1-4H3,(H,17,20)(H,18,21). The average Bonchev–Trinajstić information content (AvgIpc) is 2.47. The number of carbonyl (C=O) groups excluding carboxylic acids is 3. The number of anilines is 1. The zero-order valence-electron chi connectivity index (χ0n) is 13.9. The highest BCUT2D eigenvalue weighted by Gasteiger charge is 2.09. The van der Waals surface area contributed by atoms with Gasteiger partial charge in [-0.15, -0.1) is 11.8 Å². The largest absolute Gasteiger partial charge is 0.347 e. The molecule has 0 aliphatic rings. The van der Waals surface area contributed by atoms with E-state index in [9.17, 15) is 14.4 Å². The Hall–Kier alpha value is -2.02. The van der Waals surface area contributed by atoms with Crippen molar-refractivity contribution in [2.24, 2.45) is 0 Å². The van der Waals surface area contributed by atoms with Crippen molar-refractivity contribution in [1.29, 1.82) is 0 Å². The number of amides is 3. The van der Waals surface area contributed by atoms with Crippen LogP contribution in [0.25, 0.3) is 0 Å². The number of hydrogen-bond acceptors (Lipinski definition) is 4. The number of hydrogen-bond donors (Lipinski definition) is 2. The van der Waals surface area contributed by atoms with E-state index in [0.29, 0.717) is 0 Å². The fraction of sp³-hybridized carbons (Fsp3) is 0.438. The summed E-state index contributed by atoms with van der Waals surface area (Å²) >= 11 is 1.21. The zero-order chi connectivity index (χ0) is 17.4. The van der Waals surface area contributed by atoms with Gasteiger partial charge in [-0.25, -0.2) is 0 Å². The Morgan fingerprint density at radius 2 is 1.74 bits per heavy atom. The molecule has 0 bridgehead atoms. The lowest BCUT2D eigenvalue weighted by atomic mass is 10.1. The van der Waals surface area contributed by atoms with Gasteiger partial charge in [-0.3, -0.25) is 14.4 Å². The van der Waals surface area contributed by atoms with E-state index in [-0.39, 0.29) is 35.8 Å². The number of thioether (sulfide) groups is 1.